The number of aromatic carboxylic acids is 1. The van der Waals surface area contributed by atoms with Crippen molar-refractivity contribution < 1.29 is 28.6 Å². The fourth-order valence-corrected chi connectivity index (χ4v) is 4.12. The number of rotatable bonds is 7. The van der Waals surface area contributed by atoms with Crippen molar-refractivity contribution in [1.29, 1.82) is 0 Å². The molecule has 1 unspecified atom stereocenters. The number of anilines is 1. The van der Waals surface area contributed by atoms with E-state index < -0.39 is 35.4 Å². The van der Waals surface area contributed by atoms with Gasteiger partial charge in [0.25, 0.3) is 0 Å². The van der Waals surface area contributed by atoms with Crippen LogP contribution in [0.3, 0.4) is 0 Å². The van der Waals surface area contributed by atoms with Gasteiger partial charge in [0.2, 0.25) is 5.91 Å². The zero-order valence-corrected chi connectivity index (χ0v) is 18.5. The van der Waals surface area contributed by atoms with E-state index in [4.69, 9.17) is 16.3 Å². The number of halogens is 1. The molecule has 1 aliphatic rings. The second-order valence-electron chi connectivity index (χ2n) is 7.89. The van der Waals surface area contributed by atoms with Gasteiger partial charge in [-0.3, -0.25) is 4.79 Å². The molecule has 1 aliphatic carbocycles. The van der Waals surface area contributed by atoms with E-state index in [1.165, 1.54) is 12.1 Å². The summed E-state index contributed by atoms with van der Waals surface area (Å²) in [6.07, 6.45) is 4.29. The summed E-state index contributed by atoms with van der Waals surface area (Å²) in [5, 5.41) is 13.7. The number of fused-ring (bicyclic) bond motifs is 3. The largest absolute Gasteiger partial charge is 0.478 e. The zero-order chi connectivity index (χ0) is 24.9. The van der Waals surface area contributed by atoms with Gasteiger partial charge in [0, 0.05) is 12.3 Å². The number of ether oxygens (including phenoxy) is 1. The number of carbonyl (C=O) groups is 3. The van der Waals surface area contributed by atoms with Gasteiger partial charge < -0.3 is 20.5 Å². The molecule has 4 rings (SSSR count). The molecule has 0 heterocycles. The summed E-state index contributed by atoms with van der Waals surface area (Å²) in [6, 6.07) is 18.1. The minimum absolute atomic E-state index is 0.0412. The van der Waals surface area contributed by atoms with Crippen LogP contribution in [0.4, 0.5) is 14.9 Å². The normalized spacial score (nSPS) is 12.6. The van der Waals surface area contributed by atoms with E-state index in [1.807, 2.05) is 48.5 Å². The van der Waals surface area contributed by atoms with Crippen molar-refractivity contribution >= 4 is 23.7 Å². The molecule has 0 bridgehead atoms. The number of carboxylic acids is 1. The van der Waals surface area contributed by atoms with Crippen molar-refractivity contribution in [3.05, 3.63) is 89.2 Å². The summed E-state index contributed by atoms with van der Waals surface area (Å²) in [4.78, 5) is 36.3. The van der Waals surface area contributed by atoms with Crippen LogP contribution in [0.25, 0.3) is 11.1 Å². The standard InChI is InChI=1S/C27H21FN2O5/c1-2-8-23(25(31)29-22-14-7-13-20(24(22)28)26(32)33)30-27(34)35-15-21-18-11-5-3-9-16(18)17-10-4-6-12-19(17)21/h1,3-7,9-14,21,23H,8,15H2,(H,29,31)(H,30,34)(H,32,33). The van der Waals surface area contributed by atoms with Gasteiger partial charge in [-0.2, -0.15) is 0 Å². The Kier molecular flexibility index (Phi) is 6.78. The minimum Gasteiger partial charge on any atom is -0.478 e. The lowest BCUT2D eigenvalue weighted by Crippen LogP contribution is -2.44. The number of carboxylic acid groups (broad SMARTS) is 1. The molecule has 0 saturated carbocycles. The molecule has 0 spiro atoms. The quantitative estimate of drug-likeness (QED) is 0.443. The third-order valence-corrected chi connectivity index (χ3v) is 5.76. The van der Waals surface area contributed by atoms with Crippen molar-refractivity contribution in [2.24, 2.45) is 0 Å². The van der Waals surface area contributed by atoms with Crippen molar-refractivity contribution in [2.45, 2.75) is 18.4 Å². The molecule has 176 valence electrons. The van der Waals surface area contributed by atoms with Gasteiger partial charge in [0.1, 0.15) is 12.6 Å². The first-order valence-electron chi connectivity index (χ1n) is 10.8. The van der Waals surface area contributed by atoms with Crippen LogP contribution < -0.4 is 10.6 Å². The number of hydrogen-bond acceptors (Lipinski definition) is 4. The number of nitrogens with one attached hydrogen (secondary N) is 2. The van der Waals surface area contributed by atoms with E-state index in [-0.39, 0.29) is 24.6 Å². The highest BCUT2D eigenvalue weighted by molar-refractivity contribution is 5.98. The third kappa shape index (κ3) is 4.84. The van der Waals surface area contributed by atoms with Crippen LogP contribution in [0.2, 0.25) is 0 Å². The van der Waals surface area contributed by atoms with E-state index in [1.54, 1.807) is 0 Å². The second-order valence-corrected chi connectivity index (χ2v) is 7.89. The first-order valence-corrected chi connectivity index (χ1v) is 10.8. The monoisotopic (exact) mass is 472 g/mol. The molecule has 0 fully saturated rings. The summed E-state index contributed by atoms with van der Waals surface area (Å²) in [5.41, 5.74) is 3.29. The van der Waals surface area contributed by atoms with Gasteiger partial charge in [0.15, 0.2) is 5.82 Å². The molecule has 8 heteroatoms. The number of terminal acetylenes is 1. The number of hydrogen-bond donors (Lipinski definition) is 3. The van der Waals surface area contributed by atoms with Crippen molar-refractivity contribution in [1.82, 2.24) is 5.32 Å². The zero-order valence-electron chi connectivity index (χ0n) is 18.5. The van der Waals surface area contributed by atoms with Crippen LogP contribution in [0, 0.1) is 18.2 Å². The predicted molar refractivity (Wildman–Crippen MR) is 127 cm³/mol. The Morgan fingerprint density at radius 1 is 1.00 bits per heavy atom. The lowest BCUT2D eigenvalue weighted by molar-refractivity contribution is -0.118. The maximum absolute atomic E-state index is 14.4. The highest BCUT2D eigenvalue weighted by Gasteiger charge is 2.30. The third-order valence-electron chi connectivity index (χ3n) is 5.76. The van der Waals surface area contributed by atoms with Gasteiger partial charge in [-0.15, -0.1) is 12.3 Å². The van der Waals surface area contributed by atoms with Crippen molar-refractivity contribution in [3.8, 4) is 23.5 Å². The highest BCUT2D eigenvalue weighted by Crippen LogP contribution is 2.44. The molecule has 0 aliphatic heterocycles. The number of carbonyl (C=O) groups excluding carboxylic acids is 2. The van der Waals surface area contributed by atoms with Gasteiger partial charge >= 0.3 is 12.1 Å². The van der Waals surface area contributed by atoms with Gasteiger partial charge in [-0.1, -0.05) is 54.6 Å². The summed E-state index contributed by atoms with van der Waals surface area (Å²) in [7, 11) is 0. The first kappa shape index (κ1) is 23.5. The lowest BCUT2D eigenvalue weighted by atomic mass is 9.98. The highest BCUT2D eigenvalue weighted by atomic mass is 19.1. The van der Waals surface area contributed by atoms with Crippen LogP contribution in [-0.4, -0.2) is 35.7 Å². The van der Waals surface area contributed by atoms with Crippen LogP contribution in [0.5, 0.6) is 0 Å². The molecule has 3 aromatic carbocycles. The maximum atomic E-state index is 14.4. The number of amides is 2. The first-order chi connectivity index (χ1) is 16.9. The summed E-state index contributed by atoms with van der Waals surface area (Å²) in [6.45, 7) is 0.0412. The smallest absolute Gasteiger partial charge is 0.407 e. The Morgan fingerprint density at radius 2 is 1.63 bits per heavy atom. The van der Waals surface area contributed by atoms with Crippen molar-refractivity contribution in [2.75, 3.05) is 11.9 Å². The Bertz CT molecular complexity index is 1300. The summed E-state index contributed by atoms with van der Waals surface area (Å²) >= 11 is 0. The van der Waals surface area contributed by atoms with Gasteiger partial charge in [-0.25, -0.2) is 14.0 Å². The molecule has 0 saturated heterocycles. The predicted octanol–water partition coefficient (Wildman–Crippen LogP) is 4.39. The van der Waals surface area contributed by atoms with E-state index in [2.05, 4.69) is 16.6 Å². The molecule has 35 heavy (non-hydrogen) atoms. The number of benzene rings is 3. The molecular weight excluding hydrogens is 451 g/mol. The second kappa shape index (κ2) is 10.1. The topological polar surface area (TPSA) is 105 Å². The molecule has 3 aromatic rings. The molecule has 2 amide bonds. The summed E-state index contributed by atoms with van der Waals surface area (Å²) in [5.74, 6) is -1.26. The lowest BCUT2D eigenvalue weighted by Gasteiger charge is -2.19. The molecule has 7 nitrogen and oxygen atoms in total. The molecule has 1 atom stereocenters. The Labute approximate surface area is 200 Å². The molecule has 0 aromatic heterocycles. The van der Waals surface area contributed by atoms with E-state index in [0.29, 0.717) is 0 Å². The van der Waals surface area contributed by atoms with E-state index in [0.717, 1.165) is 28.3 Å². The molecule has 0 radical (unpaired) electrons. The fourth-order valence-electron chi connectivity index (χ4n) is 4.12. The minimum atomic E-state index is -1.48. The SMILES string of the molecule is C#CCC(NC(=O)OCC1c2ccccc2-c2ccccc21)C(=O)Nc1cccc(C(=O)O)c1F. The Balaban J connectivity index is 1.43. The van der Waals surface area contributed by atoms with Gasteiger partial charge in [0.05, 0.1) is 11.3 Å². The van der Waals surface area contributed by atoms with Crippen molar-refractivity contribution in [3.63, 3.8) is 0 Å². The van der Waals surface area contributed by atoms with Crippen LogP contribution in [0.15, 0.2) is 66.7 Å². The molecular formula is C27H21FN2O5. The van der Waals surface area contributed by atoms with Gasteiger partial charge in [-0.05, 0) is 34.4 Å². The van der Waals surface area contributed by atoms with E-state index in [9.17, 15) is 18.8 Å². The Morgan fingerprint density at radius 3 is 2.23 bits per heavy atom. The average molecular weight is 472 g/mol. The summed E-state index contributed by atoms with van der Waals surface area (Å²) < 4.78 is 19.8. The van der Waals surface area contributed by atoms with E-state index >= 15 is 0 Å². The van der Waals surface area contributed by atoms with Crippen LogP contribution >= 0.6 is 0 Å². The van der Waals surface area contributed by atoms with Crippen LogP contribution in [0.1, 0.15) is 33.8 Å². The average Bonchev–Trinajstić information content (AvgIpc) is 3.17. The Hall–Kier alpha value is -4.64. The molecule has 3 N–H and O–H groups in total. The maximum Gasteiger partial charge on any atom is 0.407 e. The fraction of sp³-hybridized carbons (Fsp3) is 0.148. The van der Waals surface area contributed by atoms with Crippen LogP contribution in [-0.2, 0) is 9.53 Å². The number of alkyl carbamates (subject to hydrolysis) is 1.